The van der Waals surface area contributed by atoms with Crippen molar-refractivity contribution in [2.75, 3.05) is 16.8 Å². The highest BCUT2D eigenvalue weighted by atomic mass is 16.1. The highest BCUT2D eigenvalue weighted by Crippen LogP contribution is 2.28. The van der Waals surface area contributed by atoms with Crippen LogP contribution < -0.4 is 10.2 Å². The molecule has 0 unspecified atom stereocenters. The third kappa shape index (κ3) is 4.51. The lowest BCUT2D eigenvalue weighted by molar-refractivity contribution is -0.116. The first-order valence-corrected chi connectivity index (χ1v) is 10.5. The van der Waals surface area contributed by atoms with Crippen LogP contribution in [0.25, 0.3) is 0 Å². The maximum atomic E-state index is 13.2. The van der Waals surface area contributed by atoms with Gasteiger partial charge in [-0.25, -0.2) is 0 Å². The van der Waals surface area contributed by atoms with Gasteiger partial charge in [0, 0.05) is 24.0 Å². The van der Waals surface area contributed by atoms with Crippen LogP contribution in [0.3, 0.4) is 0 Å². The van der Waals surface area contributed by atoms with E-state index in [2.05, 4.69) is 29.3 Å². The molecule has 0 saturated carbocycles. The van der Waals surface area contributed by atoms with E-state index in [9.17, 15) is 4.79 Å². The van der Waals surface area contributed by atoms with Crippen LogP contribution in [0, 0.1) is 0 Å². The van der Waals surface area contributed by atoms with Crippen molar-refractivity contribution >= 4 is 17.3 Å². The molecule has 0 aromatic heterocycles. The van der Waals surface area contributed by atoms with Gasteiger partial charge in [-0.3, -0.25) is 4.79 Å². The molecule has 0 bridgehead atoms. The van der Waals surface area contributed by atoms with Crippen molar-refractivity contribution in [3.63, 3.8) is 0 Å². The van der Waals surface area contributed by atoms with Gasteiger partial charge in [0.25, 0.3) is 0 Å². The van der Waals surface area contributed by atoms with Crippen LogP contribution in [0.2, 0.25) is 0 Å². The van der Waals surface area contributed by atoms with Gasteiger partial charge in [0.15, 0.2) is 0 Å². The normalized spacial score (nSPS) is 16.6. The lowest BCUT2D eigenvalue weighted by Crippen LogP contribution is -2.37. The van der Waals surface area contributed by atoms with Crippen molar-refractivity contribution in [1.29, 1.82) is 0 Å². The van der Waals surface area contributed by atoms with Gasteiger partial charge in [0.1, 0.15) is 0 Å². The number of hydrogen-bond donors (Lipinski definition) is 1. The van der Waals surface area contributed by atoms with Crippen molar-refractivity contribution in [3.8, 4) is 0 Å². The third-order valence-corrected chi connectivity index (χ3v) is 5.80. The topological polar surface area (TPSA) is 32.3 Å². The number of amides is 1. The predicted octanol–water partition coefficient (Wildman–Crippen LogP) is 5.84. The summed E-state index contributed by atoms with van der Waals surface area (Å²) >= 11 is 0. The van der Waals surface area contributed by atoms with E-state index < -0.39 is 0 Å². The smallest absolute Gasteiger partial charge is 0.236 e. The molecule has 3 nitrogen and oxygen atoms in total. The summed E-state index contributed by atoms with van der Waals surface area (Å²) in [4.78, 5) is 15.7. The summed E-state index contributed by atoms with van der Waals surface area (Å²) in [5.74, 6) is -0.347. The second-order valence-corrected chi connectivity index (χ2v) is 7.83. The van der Waals surface area contributed by atoms with E-state index in [0.29, 0.717) is 6.04 Å². The minimum Gasteiger partial charge on any atom is -0.369 e. The monoisotopic (exact) mass is 384 g/mol. The lowest BCUT2D eigenvalue weighted by atomic mass is 9.90. The molecule has 1 saturated heterocycles. The Kier molecular flexibility index (Phi) is 5.95. The van der Waals surface area contributed by atoms with Crippen molar-refractivity contribution in [2.24, 2.45) is 0 Å². The maximum Gasteiger partial charge on any atom is 0.236 e. The highest BCUT2D eigenvalue weighted by Gasteiger charge is 2.23. The number of anilines is 2. The van der Waals surface area contributed by atoms with Crippen LogP contribution in [0.4, 0.5) is 11.4 Å². The van der Waals surface area contributed by atoms with Crippen LogP contribution in [0.1, 0.15) is 43.2 Å². The van der Waals surface area contributed by atoms with Gasteiger partial charge in [0.05, 0.1) is 5.92 Å². The number of hydrogen-bond acceptors (Lipinski definition) is 2. The van der Waals surface area contributed by atoms with Crippen LogP contribution >= 0.6 is 0 Å². The molecule has 1 N–H and O–H groups in total. The Hall–Kier alpha value is -3.07. The van der Waals surface area contributed by atoms with E-state index in [-0.39, 0.29) is 11.8 Å². The van der Waals surface area contributed by atoms with Crippen LogP contribution in [-0.2, 0) is 4.79 Å². The molecule has 1 fully saturated rings. The Morgan fingerprint density at radius 3 is 2.00 bits per heavy atom. The molecule has 1 aliphatic rings. The quantitative estimate of drug-likeness (QED) is 0.600. The largest absolute Gasteiger partial charge is 0.369 e. The molecule has 3 aromatic rings. The predicted molar refractivity (Wildman–Crippen MR) is 120 cm³/mol. The van der Waals surface area contributed by atoms with Crippen LogP contribution in [0.15, 0.2) is 84.9 Å². The van der Waals surface area contributed by atoms with Gasteiger partial charge in [-0.1, -0.05) is 60.7 Å². The number of carbonyl (C=O) groups excluding carboxylic acids is 1. The van der Waals surface area contributed by atoms with Crippen molar-refractivity contribution in [1.82, 2.24) is 0 Å². The molecule has 3 heteroatoms. The SMILES string of the molecule is C[C@H]1CCCCN1c1ccc(NC(=O)C(c2ccccc2)c2ccccc2)cc1. The highest BCUT2D eigenvalue weighted by molar-refractivity contribution is 5.98. The van der Waals surface area contributed by atoms with E-state index in [1.807, 2.05) is 72.8 Å². The molecule has 1 aliphatic heterocycles. The first-order chi connectivity index (χ1) is 14.2. The Morgan fingerprint density at radius 1 is 0.862 bits per heavy atom. The average molecular weight is 385 g/mol. The van der Waals surface area contributed by atoms with Gasteiger partial charge in [0.2, 0.25) is 5.91 Å². The summed E-state index contributed by atoms with van der Waals surface area (Å²) in [6.07, 6.45) is 3.80. The Morgan fingerprint density at radius 2 is 1.45 bits per heavy atom. The molecular formula is C26H28N2O. The van der Waals surface area contributed by atoms with Gasteiger partial charge in [-0.2, -0.15) is 0 Å². The minimum atomic E-state index is -0.334. The molecule has 0 aliphatic carbocycles. The van der Waals surface area contributed by atoms with Gasteiger partial charge < -0.3 is 10.2 Å². The number of nitrogens with one attached hydrogen (secondary N) is 1. The van der Waals surface area contributed by atoms with E-state index in [0.717, 1.165) is 23.4 Å². The summed E-state index contributed by atoms with van der Waals surface area (Å²) in [6.45, 7) is 3.40. The zero-order chi connectivity index (χ0) is 20.1. The fourth-order valence-electron chi connectivity index (χ4n) is 4.22. The van der Waals surface area contributed by atoms with Crippen LogP contribution in [-0.4, -0.2) is 18.5 Å². The summed E-state index contributed by atoms with van der Waals surface area (Å²) in [6, 6.07) is 28.8. The van der Waals surface area contributed by atoms with E-state index >= 15 is 0 Å². The fraction of sp³-hybridized carbons (Fsp3) is 0.269. The standard InChI is InChI=1S/C26H28N2O/c1-20-10-8-9-19-28(20)24-17-15-23(16-18-24)27-26(29)25(21-11-4-2-5-12-21)22-13-6-3-7-14-22/h2-7,11-18,20,25H,8-10,19H2,1H3,(H,27,29)/t20-/m0/s1. The Bertz CT molecular complexity index is 882. The minimum absolute atomic E-state index is 0.0125. The number of carbonyl (C=O) groups is 1. The van der Waals surface area contributed by atoms with E-state index in [1.54, 1.807) is 0 Å². The first kappa shape index (κ1) is 19.3. The summed E-state index contributed by atoms with van der Waals surface area (Å²) in [5.41, 5.74) is 4.06. The summed E-state index contributed by atoms with van der Waals surface area (Å²) in [5, 5.41) is 3.12. The second-order valence-electron chi connectivity index (χ2n) is 7.83. The van der Waals surface area contributed by atoms with Gasteiger partial charge in [-0.15, -0.1) is 0 Å². The number of nitrogens with zero attached hydrogens (tertiary/aromatic N) is 1. The molecule has 1 heterocycles. The molecule has 0 radical (unpaired) electrons. The average Bonchev–Trinajstić information content (AvgIpc) is 2.76. The third-order valence-electron chi connectivity index (χ3n) is 5.80. The molecule has 4 rings (SSSR count). The first-order valence-electron chi connectivity index (χ1n) is 10.5. The maximum absolute atomic E-state index is 13.2. The number of benzene rings is 3. The van der Waals surface area contributed by atoms with E-state index in [1.165, 1.54) is 24.9 Å². The molecule has 1 atom stereocenters. The lowest BCUT2D eigenvalue weighted by Gasteiger charge is -2.35. The summed E-state index contributed by atoms with van der Waals surface area (Å²) < 4.78 is 0. The molecule has 29 heavy (non-hydrogen) atoms. The Labute approximate surface area is 173 Å². The van der Waals surface area contributed by atoms with Crippen molar-refractivity contribution < 1.29 is 4.79 Å². The molecule has 0 spiro atoms. The van der Waals surface area contributed by atoms with Gasteiger partial charge >= 0.3 is 0 Å². The Balaban J connectivity index is 1.53. The van der Waals surface area contributed by atoms with E-state index in [4.69, 9.17) is 0 Å². The van der Waals surface area contributed by atoms with Crippen molar-refractivity contribution in [2.45, 2.75) is 38.1 Å². The molecule has 148 valence electrons. The zero-order valence-electron chi connectivity index (χ0n) is 16.9. The number of piperidine rings is 1. The molecular weight excluding hydrogens is 356 g/mol. The van der Waals surface area contributed by atoms with Crippen molar-refractivity contribution in [3.05, 3.63) is 96.1 Å². The second kappa shape index (κ2) is 8.95. The summed E-state index contributed by atoms with van der Waals surface area (Å²) in [7, 11) is 0. The van der Waals surface area contributed by atoms with Gasteiger partial charge in [-0.05, 0) is 61.6 Å². The molecule has 3 aromatic carbocycles. The fourth-order valence-corrected chi connectivity index (χ4v) is 4.22. The number of rotatable bonds is 5. The zero-order valence-corrected chi connectivity index (χ0v) is 16.9. The van der Waals surface area contributed by atoms with Crippen LogP contribution in [0.5, 0.6) is 0 Å². The molecule has 1 amide bonds.